The molecule has 0 amide bonds. The minimum Gasteiger partial charge on any atom is -0.387 e. The molecular weight excluding hydrogens is 368 g/mol. The third kappa shape index (κ3) is 8.62. The van der Waals surface area contributed by atoms with Gasteiger partial charge in [-0.1, -0.05) is 31.6 Å². The maximum absolute atomic E-state index is 12.2. The summed E-state index contributed by atoms with van der Waals surface area (Å²) in [5.74, 6) is 0.978. The van der Waals surface area contributed by atoms with E-state index in [0.29, 0.717) is 30.7 Å². The molecule has 2 unspecified atom stereocenters. The van der Waals surface area contributed by atoms with Crippen molar-refractivity contribution in [1.82, 2.24) is 20.5 Å². The second kappa shape index (κ2) is 12.9. The van der Waals surface area contributed by atoms with Crippen LogP contribution in [0.1, 0.15) is 45.2 Å². The first-order valence-corrected chi connectivity index (χ1v) is 10.4. The summed E-state index contributed by atoms with van der Waals surface area (Å²) in [4.78, 5) is 14.9. The van der Waals surface area contributed by atoms with Crippen molar-refractivity contribution in [2.45, 2.75) is 45.6 Å². The van der Waals surface area contributed by atoms with Crippen LogP contribution in [0.4, 0.5) is 5.95 Å². The Bertz CT molecular complexity index is 756. The normalized spacial score (nSPS) is 17.4. The fourth-order valence-electron chi connectivity index (χ4n) is 3.17. The molecule has 0 aromatic carbocycles. The predicted molar refractivity (Wildman–Crippen MR) is 118 cm³/mol. The van der Waals surface area contributed by atoms with Crippen LogP contribution in [0.15, 0.2) is 34.8 Å². The van der Waals surface area contributed by atoms with Gasteiger partial charge in [0, 0.05) is 13.1 Å². The second-order valence-corrected chi connectivity index (χ2v) is 7.26. The topological polar surface area (TPSA) is 118 Å². The number of allylic oxidation sites excluding steroid dienone is 1. The molecule has 5 N–H and O–H groups in total. The maximum Gasteiger partial charge on any atom is 0.278 e. The van der Waals surface area contributed by atoms with Crippen molar-refractivity contribution in [3.8, 4) is 0 Å². The van der Waals surface area contributed by atoms with E-state index in [4.69, 9.17) is 10.5 Å². The van der Waals surface area contributed by atoms with Crippen molar-refractivity contribution >= 4 is 12.0 Å². The van der Waals surface area contributed by atoms with Crippen LogP contribution < -0.4 is 21.9 Å². The smallest absolute Gasteiger partial charge is 0.278 e. The highest BCUT2D eigenvalue weighted by Crippen LogP contribution is 2.16. The highest BCUT2D eigenvalue weighted by molar-refractivity contribution is 5.49. The number of H-pyrrole nitrogens is 1. The molecule has 2 atom stereocenters. The number of nitrogens with two attached hydrogens (primary N) is 1. The zero-order valence-corrected chi connectivity index (χ0v) is 17.5. The van der Waals surface area contributed by atoms with Gasteiger partial charge in [0.25, 0.3) is 5.56 Å². The molecule has 0 saturated carbocycles. The first kappa shape index (κ1) is 22.8. The van der Waals surface area contributed by atoms with Gasteiger partial charge < -0.3 is 21.1 Å². The van der Waals surface area contributed by atoms with Gasteiger partial charge in [-0.05, 0) is 56.5 Å². The first-order chi connectivity index (χ1) is 14.1. The molecule has 1 aromatic heterocycles. The molecule has 0 fully saturated rings. The summed E-state index contributed by atoms with van der Waals surface area (Å²) in [7, 11) is 0. The van der Waals surface area contributed by atoms with Crippen LogP contribution in [0.25, 0.3) is 6.08 Å². The van der Waals surface area contributed by atoms with E-state index < -0.39 is 0 Å². The number of rotatable bonds is 12. The summed E-state index contributed by atoms with van der Waals surface area (Å²) < 4.78 is 5.82. The largest absolute Gasteiger partial charge is 0.387 e. The van der Waals surface area contributed by atoms with Gasteiger partial charge in [0.15, 0.2) is 5.69 Å². The molecule has 0 bridgehead atoms. The third-order valence-electron chi connectivity index (χ3n) is 4.86. The number of ether oxygens (including phenoxy) is 1. The van der Waals surface area contributed by atoms with Gasteiger partial charge in [-0.25, -0.2) is 0 Å². The van der Waals surface area contributed by atoms with Crippen LogP contribution in [0, 0.1) is 5.92 Å². The fraction of sp³-hybridized carbons (Fsp3) is 0.571. The van der Waals surface area contributed by atoms with E-state index in [1.54, 1.807) is 6.08 Å². The molecule has 2 rings (SSSR count). The van der Waals surface area contributed by atoms with Crippen LogP contribution in [0.3, 0.4) is 0 Å². The Morgan fingerprint density at radius 2 is 2.24 bits per heavy atom. The van der Waals surface area contributed by atoms with Crippen LogP contribution >= 0.6 is 0 Å². The number of anilines is 1. The van der Waals surface area contributed by atoms with Crippen LogP contribution in [-0.2, 0) is 4.74 Å². The Hall–Kier alpha value is -2.45. The van der Waals surface area contributed by atoms with E-state index in [1.165, 1.54) is 0 Å². The number of nitrogens with zero attached hydrogens (tertiary/aromatic N) is 2. The van der Waals surface area contributed by atoms with Crippen LogP contribution in [-0.4, -0.2) is 47.5 Å². The highest BCUT2D eigenvalue weighted by Gasteiger charge is 2.10. The fourth-order valence-corrected chi connectivity index (χ4v) is 3.17. The molecule has 160 valence electrons. The Morgan fingerprint density at radius 1 is 1.38 bits per heavy atom. The van der Waals surface area contributed by atoms with Crippen molar-refractivity contribution in [2.24, 2.45) is 11.7 Å². The van der Waals surface area contributed by atoms with E-state index in [-0.39, 0.29) is 11.7 Å². The van der Waals surface area contributed by atoms with Crippen molar-refractivity contribution in [1.29, 1.82) is 0 Å². The zero-order chi connectivity index (χ0) is 20.9. The molecular formula is C21H34N6O2. The average Bonchev–Trinajstić information content (AvgIpc) is 2.73. The van der Waals surface area contributed by atoms with Gasteiger partial charge in [0.05, 0.1) is 12.7 Å². The van der Waals surface area contributed by atoms with Crippen molar-refractivity contribution < 1.29 is 4.74 Å². The van der Waals surface area contributed by atoms with Crippen molar-refractivity contribution in [2.75, 3.05) is 31.6 Å². The molecule has 0 spiro atoms. The number of hydrogen-bond acceptors (Lipinski definition) is 7. The van der Waals surface area contributed by atoms with E-state index in [0.717, 1.165) is 44.3 Å². The number of hydrogen-bond donors (Lipinski definition) is 4. The summed E-state index contributed by atoms with van der Waals surface area (Å²) in [6, 6.07) is 0. The van der Waals surface area contributed by atoms with Crippen LogP contribution in [0.5, 0.6) is 0 Å². The second-order valence-electron chi connectivity index (χ2n) is 7.26. The molecule has 0 saturated heterocycles. The predicted octanol–water partition coefficient (Wildman–Crippen LogP) is 2.19. The molecule has 1 aliphatic heterocycles. The van der Waals surface area contributed by atoms with Gasteiger partial charge in [0.2, 0.25) is 5.95 Å². The summed E-state index contributed by atoms with van der Waals surface area (Å²) in [5, 5.41) is 14.2. The standard InChI is InChI=1S/C21H34N6O2/c1-3-17(8-9-22)13-16(2)29-12-5-4-11-24-21-25-20(28)19(26-27-21)14-18-7-6-10-23-15-18/h4-6,10,14,16-17,23H,3,7-9,11-13,15,22H2,1-2H3,(H2,24,25,27,28)/b5-4-,18-14+. The van der Waals surface area contributed by atoms with Gasteiger partial charge in [-0.3, -0.25) is 9.78 Å². The number of nitrogens with one attached hydrogen (secondary N) is 3. The van der Waals surface area contributed by atoms with Crippen molar-refractivity contribution in [3.05, 3.63) is 46.0 Å². The molecule has 1 aromatic rings. The Kier molecular flexibility index (Phi) is 10.2. The lowest BCUT2D eigenvalue weighted by Gasteiger charge is -2.19. The quantitative estimate of drug-likeness (QED) is 0.396. The summed E-state index contributed by atoms with van der Waals surface area (Å²) in [6.45, 7) is 6.83. The van der Waals surface area contributed by atoms with E-state index in [1.807, 2.05) is 24.4 Å². The lowest BCUT2D eigenvalue weighted by molar-refractivity contribution is 0.0670. The van der Waals surface area contributed by atoms with Crippen molar-refractivity contribution in [3.63, 3.8) is 0 Å². The Balaban J connectivity index is 1.71. The third-order valence-corrected chi connectivity index (χ3v) is 4.86. The SMILES string of the molecule is CCC(CCN)CC(C)OC/C=C\CNc1nnc(/C=C2\CC=CNC2)c(=O)[nH]1. The minimum absolute atomic E-state index is 0.211. The average molecular weight is 403 g/mol. The van der Waals surface area contributed by atoms with Crippen LogP contribution in [0.2, 0.25) is 0 Å². The maximum atomic E-state index is 12.2. The van der Waals surface area contributed by atoms with E-state index in [2.05, 4.69) is 39.7 Å². The molecule has 2 heterocycles. The summed E-state index contributed by atoms with van der Waals surface area (Å²) >= 11 is 0. The molecule has 1 aliphatic rings. The monoisotopic (exact) mass is 402 g/mol. The van der Waals surface area contributed by atoms with Gasteiger partial charge in [0.1, 0.15) is 0 Å². The summed E-state index contributed by atoms with van der Waals surface area (Å²) in [5.41, 5.74) is 6.80. The lowest BCUT2D eigenvalue weighted by atomic mass is 9.96. The molecule has 0 radical (unpaired) electrons. The Labute approximate surface area is 172 Å². The number of aromatic amines is 1. The first-order valence-electron chi connectivity index (χ1n) is 10.4. The minimum atomic E-state index is -0.256. The Morgan fingerprint density at radius 3 is 2.93 bits per heavy atom. The molecule has 8 heteroatoms. The van der Waals surface area contributed by atoms with E-state index in [9.17, 15) is 4.79 Å². The molecule has 8 nitrogen and oxygen atoms in total. The zero-order valence-electron chi connectivity index (χ0n) is 17.5. The van der Waals surface area contributed by atoms with Gasteiger partial charge >= 0.3 is 0 Å². The van der Waals surface area contributed by atoms with Gasteiger partial charge in [-0.2, -0.15) is 0 Å². The summed E-state index contributed by atoms with van der Waals surface area (Å²) in [6.07, 6.45) is 13.8. The molecule has 0 aliphatic carbocycles. The van der Waals surface area contributed by atoms with Gasteiger partial charge in [-0.15, -0.1) is 10.2 Å². The number of aromatic nitrogens is 3. The lowest BCUT2D eigenvalue weighted by Crippen LogP contribution is -2.19. The molecule has 29 heavy (non-hydrogen) atoms. The highest BCUT2D eigenvalue weighted by atomic mass is 16.5. The van der Waals surface area contributed by atoms with E-state index >= 15 is 0 Å².